The third-order valence-electron chi connectivity index (χ3n) is 3.24. The third kappa shape index (κ3) is 3.42. The van der Waals surface area contributed by atoms with E-state index >= 15 is 0 Å². The zero-order valence-corrected chi connectivity index (χ0v) is 11.8. The fourth-order valence-corrected chi connectivity index (χ4v) is 1.98. The Kier molecular flexibility index (Phi) is 5.39. The summed E-state index contributed by atoms with van der Waals surface area (Å²) in [4.78, 5) is 9.38. The average molecular weight is 235 g/mol. The van der Waals surface area contributed by atoms with Gasteiger partial charge in [0.2, 0.25) is 0 Å². The van der Waals surface area contributed by atoms with Crippen molar-refractivity contribution in [3.05, 3.63) is 17.1 Å². The van der Waals surface area contributed by atoms with Crippen molar-refractivity contribution in [3.63, 3.8) is 0 Å². The van der Waals surface area contributed by atoms with Crippen molar-refractivity contribution in [2.24, 2.45) is 0 Å². The van der Waals surface area contributed by atoms with Crippen molar-refractivity contribution >= 4 is 5.82 Å². The molecule has 0 amide bonds. The molecule has 1 N–H and O–H groups in total. The summed E-state index contributed by atoms with van der Waals surface area (Å²) >= 11 is 0. The molecule has 1 rings (SSSR count). The van der Waals surface area contributed by atoms with Crippen LogP contribution in [0.5, 0.6) is 0 Å². The van der Waals surface area contributed by atoms with Gasteiger partial charge in [0, 0.05) is 6.04 Å². The molecule has 0 unspecified atom stereocenters. The molecule has 17 heavy (non-hydrogen) atoms. The predicted molar refractivity (Wildman–Crippen MR) is 73.5 cm³/mol. The van der Waals surface area contributed by atoms with Gasteiger partial charge in [0.05, 0.1) is 17.1 Å². The Morgan fingerprint density at radius 3 is 2.00 bits per heavy atom. The molecule has 1 heterocycles. The molecule has 0 aliphatic carbocycles. The van der Waals surface area contributed by atoms with Crippen LogP contribution in [0.15, 0.2) is 0 Å². The maximum absolute atomic E-state index is 4.72. The number of aryl methyl sites for hydroxylation is 3. The molecule has 0 spiro atoms. The van der Waals surface area contributed by atoms with E-state index in [0.29, 0.717) is 6.04 Å². The summed E-state index contributed by atoms with van der Waals surface area (Å²) < 4.78 is 0. The molecule has 96 valence electrons. The van der Waals surface area contributed by atoms with Crippen LogP contribution in [0.4, 0.5) is 5.82 Å². The maximum atomic E-state index is 4.72. The van der Waals surface area contributed by atoms with Gasteiger partial charge in [-0.15, -0.1) is 0 Å². The summed E-state index contributed by atoms with van der Waals surface area (Å²) in [5.41, 5.74) is 3.27. The van der Waals surface area contributed by atoms with Crippen LogP contribution in [0.3, 0.4) is 0 Å². The Balaban J connectivity index is 3.03. The minimum absolute atomic E-state index is 0.502. The molecule has 1 aromatic heterocycles. The van der Waals surface area contributed by atoms with Crippen molar-refractivity contribution in [2.75, 3.05) is 5.32 Å². The van der Waals surface area contributed by atoms with E-state index in [0.717, 1.165) is 48.6 Å². The highest BCUT2D eigenvalue weighted by Gasteiger charge is 2.11. The molecule has 0 aromatic carbocycles. The van der Waals surface area contributed by atoms with Crippen LogP contribution >= 0.6 is 0 Å². The first-order valence-corrected chi connectivity index (χ1v) is 6.79. The number of hydrogen-bond acceptors (Lipinski definition) is 3. The maximum Gasteiger partial charge on any atom is 0.148 e. The van der Waals surface area contributed by atoms with E-state index in [1.165, 1.54) is 0 Å². The van der Waals surface area contributed by atoms with Crippen molar-refractivity contribution in [2.45, 2.75) is 66.3 Å². The molecule has 0 aliphatic rings. The number of anilines is 1. The smallest absolute Gasteiger partial charge is 0.148 e. The van der Waals surface area contributed by atoms with Gasteiger partial charge in [-0.1, -0.05) is 27.7 Å². The monoisotopic (exact) mass is 235 g/mol. The summed E-state index contributed by atoms with van der Waals surface area (Å²) in [5, 5.41) is 3.53. The summed E-state index contributed by atoms with van der Waals surface area (Å²) in [6, 6.07) is 0.502. The lowest BCUT2D eigenvalue weighted by molar-refractivity contribution is 0.664. The van der Waals surface area contributed by atoms with Crippen molar-refractivity contribution in [1.82, 2.24) is 9.97 Å². The van der Waals surface area contributed by atoms with Gasteiger partial charge in [-0.2, -0.15) is 0 Å². The fourth-order valence-electron chi connectivity index (χ4n) is 1.98. The molecule has 3 nitrogen and oxygen atoms in total. The summed E-state index contributed by atoms with van der Waals surface area (Å²) in [7, 11) is 0. The number of nitrogens with zero attached hydrogens (tertiary/aromatic N) is 2. The quantitative estimate of drug-likeness (QED) is 0.820. The lowest BCUT2D eigenvalue weighted by atomic mass is 10.1. The topological polar surface area (TPSA) is 37.8 Å². The van der Waals surface area contributed by atoms with Gasteiger partial charge in [-0.25, -0.2) is 4.98 Å². The van der Waals surface area contributed by atoms with E-state index in [9.17, 15) is 0 Å². The Morgan fingerprint density at radius 1 is 0.941 bits per heavy atom. The second-order valence-corrected chi connectivity index (χ2v) is 4.42. The highest BCUT2D eigenvalue weighted by Crippen LogP contribution is 2.17. The van der Waals surface area contributed by atoms with Gasteiger partial charge in [0.15, 0.2) is 0 Å². The molecular weight excluding hydrogens is 210 g/mol. The van der Waals surface area contributed by atoms with Crippen molar-refractivity contribution in [3.8, 4) is 0 Å². The zero-order valence-electron chi connectivity index (χ0n) is 11.8. The van der Waals surface area contributed by atoms with Crippen LogP contribution in [-0.2, 0) is 12.8 Å². The number of rotatable bonds is 6. The minimum Gasteiger partial charge on any atom is -0.366 e. The van der Waals surface area contributed by atoms with E-state index in [2.05, 4.69) is 38.0 Å². The number of hydrogen-bond donors (Lipinski definition) is 1. The highest BCUT2D eigenvalue weighted by atomic mass is 15.0. The Morgan fingerprint density at radius 2 is 1.53 bits per heavy atom. The van der Waals surface area contributed by atoms with Gasteiger partial charge < -0.3 is 5.32 Å². The molecule has 0 saturated heterocycles. The Labute approximate surface area is 105 Å². The largest absolute Gasteiger partial charge is 0.366 e. The molecule has 0 aliphatic heterocycles. The average Bonchev–Trinajstić information content (AvgIpc) is 2.36. The number of aromatic nitrogens is 2. The van der Waals surface area contributed by atoms with Crippen LogP contribution in [0, 0.1) is 6.92 Å². The van der Waals surface area contributed by atoms with Gasteiger partial charge in [0.25, 0.3) is 0 Å². The lowest BCUT2D eigenvalue weighted by Crippen LogP contribution is -2.20. The SMILES string of the molecule is CCc1nc(NC(CC)CC)c(CC)nc1C. The summed E-state index contributed by atoms with van der Waals surface area (Å²) in [5.74, 6) is 0.989. The first-order chi connectivity index (χ1) is 8.15. The normalized spacial score (nSPS) is 10.9. The van der Waals surface area contributed by atoms with Crippen LogP contribution in [0.25, 0.3) is 0 Å². The first kappa shape index (κ1) is 13.9. The zero-order chi connectivity index (χ0) is 12.8. The second kappa shape index (κ2) is 6.58. The highest BCUT2D eigenvalue weighted by molar-refractivity contribution is 5.43. The van der Waals surface area contributed by atoms with Crippen LogP contribution in [0.1, 0.15) is 57.6 Å². The van der Waals surface area contributed by atoms with E-state index in [1.807, 2.05) is 6.92 Å². The van der Waals surface area contributed by atoms with E-state index in [1.54, 1.807) is 0 Å². The van der Waals surface area contributed by atoms with E-state index in [4.69, 9.17) is 4.98 Å². The van der Waals surface area contributed by atoms with Gasteiger partial charge in [0.1, 0.15) is 5.82 Å². The predicted octanol–water partition coefficient (Wildman–Crippen LogP) is 3.51. The van der Waals surface area contributed by atoms with Crippen LogP contribution < -0.4 is 5.32 Å². The molecule has 0 atom stereocenters. The lowest BCUT2D eigenvalue weighted by Gasteiger charge is -2.18. The fraction of sp³-hybridized carbons (Fsp3) is 0.714. The minimum atomic E-state index is 0.502. The van der Waals surface area contributed by atoms with Gasteiger partial charge in [-0.05, 0) is 32.6 Å². The van der Waals surface area contributed by atoms with Crippen LogP contribution in [0.2, 0.25) is 0 Å². The molecule has 0 bridgehead atoms. The van der Waals surface area contributed by atoms with Crippen molar-refractivity contribution < 1.29 is 0 Å². The molecule has 0 radical (unpaired) electrons. The summed E-state index contributed by atoms with van der Waals surface area (Å²) in [6.07, 6.45) is 4.12. The third-order valence-corrected chi connectivity index (χ3v) is 3.24. The first-order valence-electron chi connectivity index (χ1n) is 6.79. The molecule has 1 aromatic rings. The van der Waals surface area contributed by atoms with Gasteiger partial charge >= 0.3 is 0 Å². The van der Waals surface area contributed by atoms with E-state index < -0.39 is 0 Å². The number of nitrogens with one attached hydrogen (secondary N) is 1. The van der Waals surface area contributed by atoms with E-state index in [-0.39, 0.29) is 0 Å². The van der Waals surface area contributed by atoms with Gasteiger partial charge in [-0.3, -0.25) is 4.98 Å². The summed E-state index contributed by atoms with van der Waals surface area (Å²) in [6.45, 7) is 10.7. The Bertz CT molecular complexity index is 357. The molecule has 0 saturated carbocycles. The molecule has 0 fully saturated rings. The van der Waals surface area contributed by atoms with Crippen LogP contribution in [-0.4, -0.2) is 16.0 Å². The van der Waals surface area contributed by atoms with Crippen molar-refractivity contribution in [1.29, 1.82) is 0 Å². The second-order valence-electron chi connectivity index (χ2n) is 4.42. The molecular formula is C14H25N3. The standard InChI is InChI=1S/C14H25N3/c1-6-11(7-2)16-14-13(9-4)15-10(5)12(8-3)17-14/h11H,6-9H2,1-5H3,(H,16,17). The molecule has 3 heteroatoms. The Hall–Kier alpha value is -1.12.